The molecule has 1 saturated heterocycles. The zero-order valence-corrected chi connectivity index (χ0v) is 15.0. The summed E-state index contributed by atoms with van der Waals surface area (Å²) in [7, 11) is -0.0808. The number of halogens is 1. The van der Waals surface area contributed by atoms with Crippen molar-refractivity contribution in [3.8, 4) is 5.75 Å². The summed E-state index contributed by atoms with van der Waals surface area (Å²) >= 11 is 5.97. The van der Waals surface area contributed by atoms with Gasteiger partial charge in [0.15, 0.2) is 9.84 Å². The maximum Gasteiger partial charge on any atom is 0.233 e. The minimum Gasteiger partial charge on any atom is -0.495 e. The van der Waals surface area contributed by atoms with Gasteiger partial charge in [-0.2, -0.15) is 0 Å². The Kier molecular flexibility index (Phi) is 5.71. The van der Waals surface area contributed by atoms with E-state index < -0.39 is 21.7 Å². The molecule has 1 atom stereocenters. The summed E-state index contributed by atoms with van der Waals surface area (Å²) < 4.78 is 28.0. The van der Waals surface area contributed by atoms with Crippen LogP contribution in [0.5, 0.6) is 5.75 Å². The molecule has 1 fully saturated rings. The van der Waals surface area contributed by atoms with Crippen molar-refractivity contribution < 1.29 is 22.7 Å². The molecule has 2 amide bonds. The van der Waals surface area contributed by atoms with Crippen LogP contribution in [0.3, 0.4) is 0 Å². The van der Waals surface area contributed by atoms with Crippen molar-refractivity contribution in [1.82, 2.24) is 4.90 Å². The third kappa shape index (κ3) is 4.61. The van der Waals surface area contributed by atoms with E-state index in [1.54, 1.807) is 12.1 Å². The van der Waals surface area contributed by atoms with Crippen LogP contribution >= 0.6 is 11.6 Å². The molecule has 132 valence electrons. The van der Waals surface area contributed by atoms with E-state index in [9.17, 15) is 18.0 Å². The Balaban J connectivity index is 1.92. The maximum absolute atomic E-state index is 12.1. The Morgan fingerprint density at radius 2 is 2.12 bits per heavy atom. The second-order valence-electron chi connectivity index (χ2n) is 5.64. The van der Waals surface area contributed by atoms with E-state index in [1.165, 1.54) is 25.1 Å². The molecule has 1 aliphatic heterocycles. The van der Waals surface area contributed by atoms with Crippen molar-refractivity contribution in [2.24, 2.45) is 0 Å². The SMILES string of the molecule is COc1ccc(NC(=O)CC(=O)N(C)C2CCS(=O)(=O)C2)cc1Cl. The van der Waals surface area contributed by atoms with Crippen molar-refractivity contribution >= 4 is 38.9 Å². The lowest BCUT2D eigenvalue weighted by molar-refractivity contribution is -0.134. The molecule has 9 heteroatoms. The van der Waals surface area contributed by atoms with Gasteiger partial charge in [-0.3, -0.25) is 9.59 Å². The highest BCUT2D eigenvalue weighted by molar-refractivity contribution is 7.91. The summed E-state index contributed by atoms with van der Waals surface area (Å²) in [5, 5.41) is 2.92. The third-order valence-corrected chi connectivity index (χ3v) is 5.94. The number of ether oxygens (including phenoxy) is 1. The fourth-order valence-corrected chi connectivity index (χ4v) is 4.53. The molecule has 1 aromatic carbocycles. The second-order valence-corrected chi connectivity index (χ2v) is 8.27. The van der Waals surface area contributed by atoms with Gasteiger partial charge < -0.3 is 15.0 Å². The first-order valence-corrected chi connectivity index (χ1v) is 9.51. The molecule has 0 spiro atoms. The molecular formula is C15H19ClN2O5S. The van der Waals surface area contributed by atoms with E-state index in [4.69, 9.17) is 16.3 Å². The zero-order chi connectivity index (χ0) is 17.9. The smallest absolute Gasteiger partial charge is 0.233 e. The lowest BCUT2D eigenvalue weighted by atomic mass is 10.2. The van der Waals surface area contributed by atoms with E-state index in [0.29, 0.717) is 22.9 Å². The first kappa shape index (κ1) is 18.5. The number of methoxy groups -OCH3 is 1. The summed E-state index contributed by atoms with van der Waals surface area (Å²) in [5.41, 5.74) is 0.449. The third-order valence-electron chi connectivity index (χ3n) is 3.90. The Morgan fingerprint density at radius 3 is 2.67 bits per heavy atom. The van der Waals surface area contributed by atoms with Gasteiger partial charge in [-0.05, 0) is 24.6 Å². The van der Waals surface area contributed by atoms with Crippen LogP contribution in [-0.4, -0.2) is 56.8 Å². The number of nitrogens with zero attached hydrogens (tertiary/aromatic N) is 1. The summed E-state index contributed by atoms with van der Waals surface area (Å²) in [6.07, 6.45) is 0.0387. The molecule has 24 heavy (non-hydrogen) atoms. The number of carbonyl (C=O) groups excluding carboxylic acids is 2. The van der Waals surface area contributed by atoms with Crippen LogP contribution in [0.25, 0.3) is 0 Å². The minimum atomic E-state index is -3.08. The molecule has 0 radical (unpaired) electrons. The van der Waals surface area contributed by atoms with E-state index >= 15 is 0 Å². The zero-order valence-electron chi connectivity index (χ0n) is 13.4. The number of anilines is 1. The number of nitrogens with one attached hydrogen (secondary N) is 1. The van der Waals surface area contributed by atoms with Crippen molar-refractivity contribution in [3.63, 3.8) is 0 Å². The van der Waals surface area contributed by atoms with Crippen LogP contribution in [0.4, 0.5) is 5.69 Å². The normalized spacial score (nSPS) is 18.9. The highest BCUT2D eigenvalue weighted by Crippen LogP contribution is 2.27. The first-order chi connectivity index (χ1) is 11.2. The van der Waals surface area contributed by atoms with Gasteiger partial charge in [0.1, 0.15) is 12.2 Å². The van der Waals surface area contributed by atoms with Gasteiger partial charge in [-0.1, -0.05) is 11.6 Å². The molecule has 0 aromatic heterocycles. The van der Waals surface area contributed by atoms with Crippen molar-refractivity contribution in [3.05, 3.63) is 23.2 Å². The number of hydrogen-bond acceptors (Lipinski definition) is 5. The average Bonchev–Trinajstić information content (AvgIpc) is 2.86. The van der Waals surface area contributed by atoms with Gasteiger partial charge in [0.25, 0.3) is 0 Å². The molecule has 1 unspecified atom stereocenters. The van der Waals surface area contributed by atoms with Gasteiger partial charge in [0, 0.05) is 18.8 Å². The second kappa shape index (κ2) is 7.40. The lowest BCUT2D eigenvalue weighted by Gasteiger charge is -2.23. The number of amides is 2. The van der Waals surface area contributed by atoms with Crippen LogP contribution < -0.4 is 10.1 Å². The highest BCUT2D eigenvalue weighted by Gasteiger charge is 2.33. The largest absolute Gasteiger partial charge is 0.495 e. The molecule has 0 saturated carbocycles. The Bertz CT molecular complexity index is 750. The molecule has 7 nitrogen and oxygen atoms in total. The van der Waals surface area contributed by atoms with Crippen LogP contribution in [-0.2, 0) is 19.4 Å². The summed E-state index contributed by atoms with van der Waals surface area (Å²) in [6.45, 7) is 0. The lowest BCUT2D eigenvalue weighted by Crippen LogP contribution is -2.39. The molecule has 1 N–H and O–H groups in total. The number of carbonyl (C=O) groups is 2. The Hall–Kier alpha value is -1.80. The minimum absolute atomic E-state index is 0.0506. The fraction of sp³-hybridized carbons (Fsp3) is 0.467. The van der Waals surface area contributed by atoms with Gasteiger partial charge >= 0.3 is 0 Å². The molecule has 1 heterocycles. The summed E-state index contributed by atoms with van der Waals surface area (Å²) in [4.78, 5) is 25.5. The molecule has 0 bridgehead atoms. The average molecular weight is 375 g/mol. The Labute approximate surface area is 145 Å². The van der Waals surface area contributed by atoms with Gasteiger partial charge in [-0.25, -0.2) is 8.42 Å². The van der Waals surface area contributed by atoms with Crippen LogP contribution in [0.15, 0.2) is 18.2 Å². The number of benzene rings is 1. The molecular weight excluding hydrogens is 356 g/mol. The van der Waals surface area contributed by atoms with Gasteiger partial charge in [-0.15, -0.1) is 0 Å². The molecule has 2 rings (SSSR count). The summed E-state index contributed by atoms with van der Waals surface area (Å²) in [6, 6.07) is 4.37. The molecule has 1 aromatic rings. The van der Waals surface area contributed by atoms with E-state index in [2.05, 4.69) is 5.32 Å². The van der Waals surface area contributed by atoms with Crippen molar-refractivity contribution in [2.45, 2.75) is 18.9 Å². The monoisotopic (exact) mass is 374 g/mol. The van der Waals surface area contributed by atoms with Crippen LogP contribution in [0.1, 0.15) is 12.8 Å². The van der Waals surface area contributed by atoms with Crippen LogP contribution in [0, 0.1) is 0 Å². The Morgan fingerprint density at radius 1 is 1.42 bits per heavy atom. The van der Waals surface area contributed by atoms with E-state index in [-0.39, 0.29) is 24.0 Å². The number of rotatable bonds is 5. The first-order valence-electron chi connectivity index (χ1n) is 7.31. The van der Waals surface area contributed by atoms with Crippen molar-refractivity contribution in [2.75, 3.05) is 31.0 Å². The quantitative estimate of drug-likeness (QED) is 0.785. The van der Waals surface area contributed by atoms with Gasteiger partial charge in [0.2, 0.25) is 11.8 Å². The number of sulfone groups is 1. The van der Waals surface area contributed by atoms with Crippen molar-refractivity contribution in [1.29, 1.82) is 0 Å². The fourth-order valence-electron chi connectivity index (χ4n) is 2.50. The van der Waals surface area contributed by atoms with E-state index in [0.717, 1.165) is 0 Å². The molecule has 0 aliphatic carbocycles. The van der Waals surface area contributed by atoms with E-state index in [1.807, 2.05) is 0 Å². The van der Waals surface area contributed by atoms with Gasteiger partial charge in [0.05, 0.1) is 23.6 Å². The molecule has 1 aliphatic rings. The topological polar surface area (TPSA) is 92.8 Å². The number of hydrogen-bond donors (Lipinski definition) is 1. The van der Waals surface area contributed by atoms with Crippen LogP contribution in [0.2, 0.25) is 5.02 Å². The standard InChI is InChI=1S/C15H19ClN2O5S/c1-18(11-5-6-24(21,22)9-11)15(20)8-14(19)17-10-3-4-13(23-2)12(16)7-10/h3-4,7,11H,5-6,8-9H2,1-2H3,(H,17,19). The maximum atomic E-state index is 12.1. The predicted molar refractivity (Wildman–Crippen MR) is 91.1 cm³/mol. The highest BCUT2D eigenvalue weighted by atomic mass is 35.5. The summed E-state index contributed by atoms with van der Waals surface area (Å²) in [5.74, 6) is -0.410. The predicted octanol–water partition coefficient (Wildman–Crippen LogP) is 1.32.